The van der Waals surface area contributed by atoms with Gasteiger partial charge in [-0.25, -0.2) is 4.98 Å². The lowest BCUT2D eigenvalue weighted by Crippen LogP contribution is -2.21. The topological polar surface area (TPSA) is 88.6 Å². The number of nitrogens with zero attached hydrogens (tertiary/aromatic N) is 3. The van der Waals surface area contributed by atoms with Crippen LogP contribution in [0.3, 0.4) is 0 Å². The number of aromatic nitrogens is 3. The van der Waals surface area contributed by atoms with E-state index in [2.05, 4.69) is 24.0 Å². The first-order chi connectivity index (χ1) is 13.0. The molecule has 2 heterocycles. The second-order valence-electron chi connectivity index (χ2n) is 6.60. The summed E-state index contributed by atoms with van der Waals surface area (Å²) in [5.41, 5.74) is 1.05. The summed E-state index contributed by atoms with van der Waals surface area (Å²) in [6.07, 6.45) is 2.28. The lowest BCUT2D eigenvalue weighted by Gasteiger charge is -2.14. The molecular formula is C19H23N3O5. The summed E-state index contributed by atoms with van der Waals surface area (Å²) in [5, 5.41) is 4.42. The second-order valence-corrected chi connectivity index (χ2v) is 6.60. The van der Waals surface area contributed by atoms with Gasteiger partial charge in [0, 0.05) is 6.07 Å². The molecule has 144 valence electrons. The van der Waals surface area contributed by atoms with E-state index in [0.717, 1.165) is 12.1 Å². The van der Waals surface area contributed by atoms with Crippen LogP contribution in [0, 0.1) is 5.92 Å². The van der Waals surface area contributed by atoms with Crippen LogP contribution in [0.4, 0.5) is 0 Å². The minimum absolute atomic E-state index is 0.235. The van der Waals surface area contributed by atoms with Crippen molar-refractivity contribution in [3.05, 3.63) is 40.3 Å². The van der Waals surface area contributed by atoms with Crippen molar-refractivity contribution in [2.45, 2.75) is 26.8 Å². The van der Waals surface area contributed by atoms with Gasteiger partial charge < -0.3 is 18.7 Å². The van der Waals surface area contributed by atoms with Gasteiger partial charge in [0.1, 0.15) is 5.52 Å². The number of rotatable bonds is 7. The lowest BCUT2D eigenvalue weighted by atomic mass is 10.1. The molecule has 0 spiro atoms. The van der Waals surface area contributed by atoms with Crippen molar-refractivity contribution in [3.8, 4) is 17.2 Å². The van der Waals surface area contributed by atoms with E-state index in [1.54, 1.807) is 6.07 Å². The van der Waals surface area contributed by atoms with Crippen LogP contribution in [-0.2, 0) is 13.0 Å². The van der Waals surface area contributed by atoms with Crippen LogP contribution in [0.25, 0.3) is 10.9 Å². The van der Waals surface area contributed by atoms with Crippen LogP contribution in [0.2, 0.25) is 0 Å². The van der Waals surface area contributed by atoms with Gasteiger partial charge in [-0.1, -0.05) is 19.0 Å². The Labute approximate surface area is 156 Å². The molecule has 0 amide bonds. The molecule has 0 aliphatic carbocycles. The maximum atomic E-state index is 13.0. The van der Waals surface area contributed by atoms with E-state index in [9.17, 15) is 4.79 Å². The molecule has 0 N–H and O–H groups in total. The molecule has 8 nitrogen and oxygen atoms in total. The van der Waals surface area contributed by atoms with E-state index in [0.29, 0.717) is 39.8 Å². The Morgan fingerprint density at radius 1 is 1.11 bits per heavy atom. The second kappa shape index (κ2) is 7.69. The first-order valence-corrected chi connectivity index (χ1v) is 8.61. The minimum atomic E-state index is -0.235. The van der Waals surface area contributed by atoms with Crippen molar-refractivity contribution in [1.29, 1.82) is 0 Å². The maximum absolute atomic E-state index is 13.0. The molecule has 27 heavy (non-hydrogen) atoms. The van der Waals surface area contributed by atoms with Gasteiger partial charge in [0.2, 0.25) is 5.75 Å². The van der Waals surface area contributed by atoms with Gasteiger partial charge in [-0.3, -0.25) is 9.36 Å². The SMILES string of the molecule is COc1cc2c(=O)n(Cc3cc(CC(C)C)no3)cnc2c(OC)c1OC. The molecule has 0 aliphatic rings. The van der Waals surface area contributed by atoms with Crippen LogP contribution in [0.5, 0.6) is 17.2 Å². The van der Waals surface area contributed by atoms with Gasteiger partial charge in [-0.2, -0.15) is 0 Å². The highest BCUT2D eigenvalue weighted by molar-refractivity contribution is 5.89. The van der Waals surface area contributed by atoms with E-state index in [4.69, 9.17) is 18.7 Å². The van der Waals surface area contributed by atoms with Gasteiger partial charge >= 0.3 is 0 Å². The Bertz CT molecular complexity index is 1010. The average molecular weight is 373 g/mol. The fourth-order valence-electron chi connectivity index (χ4n) is 2.99. The van der Waals surface area contributed by atoms with E-state index in [1.807, 2.05) is 6.07 Å². The summed E-state index contributed by atoms with van der Waals surface area (Å²) in [5.74, 6) is 2.22. The molecule has 3 rings (SSSR count). The number of benzene rings is 1. The number of hydrogen-bond donors (Lipinski definition) is 0. The Kier molecular flexibility index (Phi) is 5.34. The summed E-state index contributed by atoms with van der Waals surface area (Å²) in [4.78, 5) is 17.4. The Morgan fingerprint density at radius 2 is 1.85 bits per heavy atom. The summed E-state index contributed by atoms with van der Waals surface area (Å²) >= 11 is 0. The third-order valence-electron chi connectivity index (χ3n) is 4.17. The molecule has 0 radical (unpaired) electrons. The van der Waals surface area contributed by atoms with Crippen molar-refractivity contribution < 1.29 is 18.7 Å². The zero-order valence-corrected chi connectivity index (χ0v) is 16.1. The first kappa shape index (κ1) is 18.8. The fraction of sp³-hybridized carbons (Fsp3) is 0.421. The van der Waals surface area contributed by atoms with Crippen LogP contribution in [0.1, 0.15) is 25.3 Å². The molecule has 0 atom stereocenters. The molecule has 2 aromatic heterocycles. The van der Waals surface area contributed by atoms with Crippen LogP contribution in [-0.4, -0.2) is 36.0 Å². The zero-order valence-electron chi connectivity index (χ0n) is 16.1. The van der Waals surface area contributed by atoms with Gasteiger partial charge in [-0.05, 0) is 18.4 Å². The summed E-state index contributed by atoms with van der Waals surface area (Å²) in [6.45, 7) is 4.46. The third-order valence-corrected chi connectivity index (χ3v) is 4.17. The molecule has 0 saturated heterocycles. The van der Waals surface area contributed by atoms with Gasteiger partial charge in [0.15, 0.2) is 17.3 Å². The Balaban J connectivity index is 2.04. The Morgan fingerprint density at radius 3 is 2.48 bits per heavy atom. The maximum Gasteiger partial charge on any atom is 0.261 e. The summed E-state index contributed by atoms with van der Waals surface area (Å²) < 4.78 is 22.9. The predicted octanol–water partition coefficient (Wildman–Crippen LogP) is 2.66. The highest BCUT2D eigenvalue weighted by Crippen LogP contribution is 2.41. The molecule has 0 unspecified atom stereocenters. The predicted molar refractivity (Wildman–Crippen MR) is 99.8 cm³/mol. The molecule has 3 aromatic rings. The van der Waals surface area contributed by atoms with Crippen molar-refractivity contribution in [2.24, 2.45) is 5.92 Å². The molecule has 0 bridgehead atoms. The number of methoxy groups -OCH3 is 3. The van der Waals surface area contributed by atoms with Gasteiger partial charge in [0.05, 0.1) is 45.3 Å². The lowest BCUT2D eigenvalue weighted by molar-refractivity contribution is 0.326. The van der Waals surface area contributed by atoms with Crippen LogP contribution in [0.15, 0.2) is 27.8 Å². The molecular weight excluding hydrogens is 350 g/mol. The van der Waals surface area contributed by atoms with E-state index >= 15 is 0 Å². The molecule has 8 heteroatoms. The fourth-order valence-corrected chi connectivity index (χ4v) is 2.99. The van der Waals surface area contributed by atoms with Gasteiger partial charge in [0.25, 0.3) is 5.56 Å². The van der Waals surface area contributed by atoms with Crippen molar-refractivity contribution >= 4 is 10.9 Å². The molecule has 1 aromatic carbocycles. The molecule has 0 fully saturated rings. The Hall–Kier alpha value is -3.03. The van der Waals surface area contributed by atoms with E-state index in [1.165, 1.54) is 32.2 Å². The van der Waals surface area contributed by atoms with Crippen LogP contribution >= 0.6 is 0 Å². The first-order valence-electron chi connectivity index (χ1n) is 8.61. The highest BCUT2D eigenvalue weighted by Gasteiger charge is 2.20. The van der Waals surface area contributed by atoms with Crippen molar-refractivity contribution in [1.82, 2.24) is 14.7 Å². The number of fused-ring (bicyclic) bond motifs is 1. The van der Waals surface area contributed by atoms with Crippen molar-refractivity contribution in [3.63, 3.8) is 0 Å². The monoisotopic (exact) mass is 373 g/mol. The van der Waals surface area contributed by atoms with Gasteiger partial charge in [-0.15, -0.1) is 0 Å². The van der Waals surface area contributed by atoms with Crippen molar-refractivity contribution in [2.75, 3.05) is 21.3 Å². The number of hydrogen-bond acceptors (Lipinski definition) is 7. The smallest absolute Gasteiger partial charge is 0.261 e. The zero-order chi connectivity index (χ0) is 19.6. The highest BCUT2D eigenvalue weighted by atomic mass is 16.5. The minimum Gasteiger partial charge on any atom is -0.493 e. The summed E-state index contributed by atoms with van der Waals surface area (Å²) in [6, 6.07) is 3.47. The summed E-state index contributed by atoms with van der Waals surface area (Å²) in [7, 11) is 4.50. The standard InChI is InChI=1S/C19H23N3O5/c1-11(2)6-12-7-13(27-21-12)9-22-10-20-16-14(19(22)23)8-15(24-3)17(25-4)18(16)26-5/h7-8,10-11H,6,9H2,1-5H3. The van der Waals surface area contributed by atoms with Crippen LogP contribution < -0.4 is 19.8 Å². The van der Waals surface area contributed by atoms with E-state index in [-0.39, 0.29) is 12.1 Å². The quantitative estimate of drug-likeness (QED) is 0.629. The normalized spacial score (nSPS) is 11.2. The number of ether oxygens (including phenoxy) is 3. The third kappa shape index (κ3) is 3.60. The average Bonchev–Trinajstić information content (AvgIpc) is 3.08. The largest absolute Gasteiger partial charge is 0.493 e. The van der Waals surface area contributed by atoms with E-state index < -0.39 is 0 Å². The molecule has 0 saturated carbocycles. The molecule has 0 aliphatic heterocycles.